The van der Waals surface area contributed by atoms with Crippen LogP contribution in [0.1, 0.15) is 36.1 Å². The lowest BCUT2D eigenvalue weighted by molar-refractivity contribution is 0.111. The van der Waals surface area contributed by atoms with Crippen molar-refractivity contribution in [3.8, 4) is 0 Å². The van der Waals surface area contributed by atoms with Gasteiger partial charge in [-0.1, -0.05) is 23.4 Å². The third kappa shape index (κ3) is 3.32. The monoisotopic (exact) mass is 338 g/mol. The first kappa shape index (κ1) is 15.8. The largest absolute Gasteiger partial charge is 0.380 e. The summed E-state index contributed by atoms with van der Waals surface area (Å²) in [5.74, 6) is 0.960. The van der Waals surface area contributed by atoms with E-state index >= 15 is 0 Å². The van der Waals surface area contributed by atoms with Crippen LogP contribution in [0.4, 0.5) is 9.93 Å². The number of methoxy groups -OCH3 is 1. The average molecular weight is 338 g/mol. The van der Waals surface area contributed by atoms with Gasteiger partial charge in [0, 0.05) is 20.1 Å². The van der Waals surface area contributed by atoms with Gasteiger partial charge < -0.3 is 14.2 Å². The topological polar surface area (TPSA) is 106 Å². The Kier molecular flexibility index (Phi) is 4.53. The minimum absolute atomic E-state index is 0.0708. The summed E-state index contributed by atoms with van der Waals surface area (Å²) in [5.41, 5.74) is 0. The normalized spacial score (nSPS) is 20.9. The molecule has 1 saturated heterocycles. The molecule has 9 nitrogen and oxygen atoms in total. The van der Waals surface area contributed by atoms with Crippen LogP contribution in [0.2, 0.25) is 0 Å². The van der Waals surface area contributed by atoms with Crippen LogP contribution in [0, 0.1) is 6.92 Å². The molecule has 2 amide bonds. The lowest BCUT2D eigenvalue weighted by Crippen LogP contribution is -2.35. The first-order valence-corrected chi connectivity index (χ1v) is 8.15. The molecule has 10 heteroatoms. The third-order valence-electron chi connectivity index (χ3n) is 3.67. The van der Waals surface area contributed by atoms with Gasteiger partial charge in [-0.05, 0) is 13.3 Å². The lowest BCUT2D eigenvalue weighted by atomic mass is 10.2. The van der Waals surface area contributed by atoms with Gasteiger partial charge >= 0.3 is 6.03 Å². The Balaban J connectivity index is 1.76. The number of aryl methyl sites for hydroxylation is 2. The van der Waals surface area contributed by atoms with Gasteiger partial charge in [-0.15, -0.1) is 10.2 Å². The molecule has 1 aliphatic heterocycles. The van der Waals surface area contributed by atoms with Gasteiger partial charge in [0.2, 0.25) is 11.0 Å². The number of carbonyl (C=O) groups is 1. The van der Waals surface area contributed by atoms with Crippen molar-refractivity contribution >= 4 is 22.5 Å². The van der Waals surface area contributed by atoms with Gasteiger partial charge in [0.05, 0.1) is 6.10 Å². The van der Waals surface area contributed by atoms with Gasteiger partial charge in [-0.25, -0.2) is 4.79 Å². The molecule has 1 fully saturated rings. The van der Waals surface area contributed by atoms with E-state index < -0.39 is 0 Å². The van der Waals surface area contributed by atoms with E-state index in [1.165, 1.54) is 11.3 Å². The summed E-state index contributed by atoms with van der Waals surface area (Å²) >= 11 is 1.36. The molecule has 0 bridgehead atoms. The molecule has 0 radical (unpaired) electrons. The van der Waals surface area contributed by atoms with Crippen molar-refractivity contribution in [1.82, 2.24) is 25.2 Å². The summed E-state index contributed by atoms with van der Waals surface area (Å²) in [5, 5.41) is 15.9. The zero-order chi connectivity index (χ0) is 16.4. The van der Waals surface area contributed by atoms with Crippen molar-refractivity contribution in [2.24, 2.45) is 0 Å². The standard InChI is InChI=1S/C13H18N6O3S/c1-4-10-16-17-12(23-10)15-13(20)19-6-8(21-3)5-9(19)11-14-7(2)18-22-11/h8-9H,4-6H2,1-3H3,(H,15,17,20)/t8-,9-/m1/s1. The van der Waals surface area contributed by atoms with Crippen LogP contribution < -0.4 is 5.32 Å². The number of urea groups is 1. The van der Waals surface area contributed by atoms with Gasteiger partial charge in [-0.2, -0.15) is 4.98 Å². The number of anilines is 1. The molecule has 0 aliphatic carbocycles. The molecule has 0 unspecified atom stereocenters. The van der Waals surface area contributed by atoms with E-state index in [1.54, 1.807) is 18.9 Å². The maximum atomic E-state index is 12.6. The molecule has 2 aromatic rings. The second-order valence-corrected chi connectivity index (χ2v) is 6.29. The van der Waals surface area contributed by atoms with Crippen molar-refractivity contribution in [1.29, 1.82) is 0 Å². The van der Waals surface area contributed by atoms with Gasteiger partial charge in [-0.3, -0.25) is 5.32 Å². The number of nitrogens with one attached hydrogen (secondary N) is 1. The number of ether oxygens (including phenoxy) is 1. The predicted octanol–water partition coefficient (Wildman–Crippen LogP) is 1.79. The fourth-order valence-corrected chi connectivity index (χ4v) is 3.15. The summed E-state index contributed by atoms with van der Waals surface area (Å²) in [6.07, 6.45) is 1.33. The molecule has 124 valence electrons. The Morgan fingerprint density at radius 2 is 2.35 bits per heavy atom. The van der Waals surface area contributed by atoms with Crippen LogP contribution in [0.5, 0.6) is 0 Å². The maximum absolute atomic E-state index is 12.6. The first-order valence-electron chi connectivity index (χ1n) is 7.33. The molecular weight excluding hydrogens is 320 g/mol. The van der Waals surface area contributed by atoms with Crippen LogP contribution in [0.15, 0.2) is 4.52 Å². The number of carbonyl (C=O) groups excluding carboxylic acids is 1. The zero-order valence-electron chi connectivity index (χ0n) is 13.1. The summed E-state index contributed by atoms with van der Waals surface area (Å²) < 4.78 is 10.6. The van der Waals surface area contributed by atoms with Crippen LogP contribution in [0.3, 0.4) is 0 Å². The van der Waals surface area contributed by atoms with E-state index in [9.17, 15) is 4.79 Å². The van der Waals surface area contributed by atoms with E-state index in [4.69, 9.17) is 9.26 Å². The van der Waals surface area contributed by atoms with Crippen LogP contribution in [-0.4, -0.2) is 51.0 Å². The highest BCUT2D eigenvalue weighted by atomic mass is 32.1. The fraction of sp³-hybridized carbons (Fsp3) is 0.615. The molecule has 23 heavy (non-hydrogen) atoms. The summed E-state index contributed by atoms with van der Waals surface area (Å²) in [6.45, 7) is 4.19. The number of hydrogen-bond acceptors (Lipinski definition) is 8. The van der Waals surface area contributed by atoms with Crippen LogP contribution >= 0.6 is 11.3 Å². The molecule has 2 atom stereocenters. The highest BCUT2D eigenvalue weighted by molar-refractivity contribution is 7.15. The number of nitrogens with zero attached hydrogens (tertiary/aromatic N) is 5. The Morgan fingerprint density at radius 3 is 2.96 bits per heavy atom. The Hall–Kier alpha value is -2.07. The minimum Gasteiger partial charge on any atom is -0.380 e. The zero-order valence-corrected chi connectivity index (χ0v) is 14.0. The van der Waals surface area contributed by atoms with E-state index in [0.29, 0.717) is 29.8 Å². The molecule has 3 heterocycles. The number of rotatable bonds is 4. The minimum atomic E-state index is -0.306. The van der Waals surface area contributed by atoms with Crippen molar-refractivity contribution < 1.29 is 14.1 Å². The second-order valence-electron chi connectivity index (χ2n) is 5.23. The summed E-state index contributed by atoms with van der Waals surface area (Å²) in [4.78, 5) is 18.4. The molecule has 2 aromatic heterocycles. The van der Waals surface area contributed by atoms with E-state index in [-0.39, 0.29) is 18.2 Å². The Bertz CT molecular complexity index is 687. The molecule has 0 saturated carbocycles. The van der Waals surface area contributed by atoms with Crippen molar-refractivity contribution in [2.75, 3.05) is 19.0 Å². The van der Waals surface area contributed by atoms with Gasteiger partial charge in [0.25, 0.3) is 0 Å². The van der Waals surface area contributed by atoms with Crippen molar-refractivity contribution in [2.45, 2.75) is 38.8 Å². The first-order chi connectivity index (χ1) is 11.1. The highest BCUT2D eigenvalue weighted by Gasteiger charge is 2.39. The maximum Gasteiger partial charge on any atom is 0.324 e. The highest BCUT2D eigenvalue weighted by Crippen LogP contribution is 2.33. The molecule has 0 aromatic carbocycles. The third-order valence-corrected chi connectivity index (χ3v) is 4.65. The lowest BCUT2D eigenvalue weighted by Gasteiger charge is -2.21. The van der Waals surface area contributed by atoms with E-state index in [2.05, 4.69) is 25.7 Å². The smallest absolute Gasteiger partial charge is 0.324 e. The van der Waals surface area contributed by atoms with Crippen molar-refractivity contribution in [3.05, 3.63) is 16.7 Å². The SMILES string of the molecule is CCc1nnc(NC(=O)N2C[C@H](OC)C[C@@H]2c2nc(C)no2)s1. The van der Waals surface area contributed by atoms with Gasteiger partial charge in [0.1, 0.15) is 11.0 Å². The molecule has 1 aliphatic rings. The fourth-order valence-electron chi connectivity index (χ4n) is 2.49. The second kappa shape index (κ2) is 6.59. The molecular formula is C13H18N6O3S. The average Bonchev–Trinajstić information content (AvgIpc) is 3.25. The van der Waals surface area contributed by atoms with Crippen molar-refractivity contribution in [3.63, 3.8) is 0 Å². The molecule has 0 spiro atoms. The Morgan fingerprint density at radius 1 is 1.52 bits per heavy atom. The quantitative estimate of drug-likeness (QED) is 0.905. The predicted molar refractivity (Wildman–Crippen MR) is 82.2 cm³/mol. The van der Waals surface area contributed by atoms with Crippen LogP contribution in [-0.2, 0) is 11.2 Å². The summed E-state index contributed by atoms with van der Waals surface area (Å²) in [6, 6.07) is -0.580. The Labute approximate surface area is 137 Å². The number of hydrogen-bond donors (Lipinski definition) is 1. The molecule has 3 rings (SSSR count). The van der Waals surface area contributed by atoms with E-state index in [1.807, 2.05) is 6.92 Å². The molecule has 1 N–H and O–H groups in total. The summed E-state index contributed by atoms with van der Waals surface area (Å²) in [7, 11) is 1.63. The number of likely N-dealkylation sites (tertiary alicyclic amines) is 1. The van der Waals surface area contributed by atoms with Gasteiger partial charge in [0.15, 0.2) is 5.82 Å². The number of amides is 2. The van der Waals surface area contributed by atoms with Crippen LogP contribution in [0.25, 0.3) is 0 Å². The van der Waals surface area contributed by atoms with E-state index in [0.717, 1.165) is 11.4 Å². The number of aromatic nitrogens is 4.